The van der Waals surface area contributed by atoms with Crippen LogP contribution in [0.2, 0.25) is 5.02 Å². The summed E-state index contributed by atoms with van der Waals surface area (Å²) in [5.41, 5.74) is -0.654. The Morgan fingerprint density at radius 2 is 2.15 bits per heavy atom. The Morgan fingerprint density at radius 1 is 1.50 bits per heavy atom. The summed E-state index contributed by atoms with van der Waals surface area (Å²) in [6, 6.07) is 3.16. The van der Waals surface area contributed by atoms with Crippen LogP contribution in [0.3, 0.4) is 0 Å². The first-order chi connectivity index (χ1) is 9.52. The third-order valence-corrected chi connectivity index (χ3v) is 4.89. The van der Waals surface area contributed by atoms with E-state index in [0.717, 1.165) is 0 Å². The van der Waals surface area contributed by atoms with E-state index >= 15 is 0 Å². The number of halogens is 3. The van der Waals surface area contributed by atoms with E-state index in [1.54, 1.807) is 6.07 Å². The molecule has 1 heterocycles. The molecule has 1 saturated heterocycles. The van der Waals surface area contributed by atoms with Gasteiger partial charge in [0.15, 0.2) is 0 Å². The maximum atomic E-state index is 14.3. The van der Waals surface area contributed by atoms with Gasteiger partial charge in [0.25, 0.3) is 0 Å². The van der Waals surface area contributed by atoms with Crippen molar-refractivity contribution in [1.82, 2.24) is 0 Å². The van der Waals surface area contributed by atoms with Crippen molar-refractivity contribution in [3.63, 3.8) is 0 Å². The van der Waals surface area contributed by atoms with Crippen LogP contribution in [0.5, 0.6) is 0 Å². The molecule has 1 atom stereocenters. The van der Waals surface area contributed by atoms with Crippen molar-refractivity contribution in [2.75, 3.05) is 19.8 Å². The Balaban J connectivity index is 2.37. The van der Waals surface area contributed by atoms with Gasteiger partial charge in [0.05, 0.1) is 5.02 Å². The summed E-state index contributed by atoms with van der Waals surface area (Å²) in [6.45, 7) is 3.28. The van der Waals surface area contributed by atoms with Crippen molar-refractivity contribution >= 4 is 27.5 Å². The molecule has 1 unspecified atom stereocenters. The molecule has 112 valence electrons. The molecule has 1 N–H and O–H groups in total. The van der Waals surface area contributed by atoms with Crippen LogP contribution < -0.4 is 0 Å². The predicted molar refractivity (Wildman–Crippen MR) is 78.5 cm³/mol. The van der Waals surface area contributed by atoms with Gasteiger partial charge in [0.2, 0.25) is 0 Å². The summed E-state index contributed by atoms with van der Waals surface area (Å²) in [5, 5.41) is 10.6. The van der Waals surface area contributed by atoms with Crippen LogP contribution in [0.15, 0.2) is 16.6 Å². The second-order valence-corrected chi connectivity index (χ2v) is 6.01. The van der Waals surface area contributed by atoms with E-state index in [2.05, 4.69) is 15.9 Å². The minimum absolute atomic E-state index is 0.0275. The first-order valence-corrected chi connectivity index (χ1v) is 7.72. The number of benzene rings is 1. The Morgan fingerprint density at radius 3 is 2.75 bits per heavy atom. The van der Waals surface area contributed by atoms with Crippen LogP contribution in [-0.2, 0) is 9.47 Å². The summed E-state index contributed by atoms with van der Waals surface area (Å²) in [5.74, 6) is -0.612. The average molecular weight is 368 g/mol. The first kappa shape index (κ1) is 16.2. The topological polar surface area (TPSA) is 38.7 Å². The molecule has 2 rings (SSSR count). The van der Waals surface area contributed by atoms with Crippen molar-refractivity contribution in [3.8, 4) is 0 Å². The highest BCUT2D eigenvalue weighted by molar-refractivity contribution is 9.10. The highest BCUT2D eigenvalue weighted by Gasteiger charge is 2.42. The molecule has 1 aromatic carbocycles. The smallest absolute Gasteiger partial charge is 0.148 e. The van der Waals surface area contributed by atoms with Gasteiger partial charge in [-0.25, -0.2) is 4.39 Å². The number of ether oxygens (including phenoxy) is 2. The quantitative estimate of drug-likeness (QED) is 0.821. The maximum Gasteiger partial charge on any atom is 0.148 e. The highest BCUT2D eigenvalue weighted by atomic mass is 79.9. The summed E-state index contributed by atoms with van der Waals surface area (Å²) in [7, 11) is 0. The molecule has 0 amide bonds. The first-order valence-electron chi connectivity index (χ1n) is 6.55. The minimum Gasteiger partial charge on any atom is -0.385 e. The van der Waals surface area contributed by atoms with Gasteiger partial charge in [0, 0.05) is 42.7 Å². The number of rotatable bonds is 4. The van der Waals surface area contributed by atoms with E-state index in [0.29, 0.717) is 37.1 Å². The van der Waals surface area contributed by atoms with E-state index in [-0.39, 0.29) is 10.6 Å². The fraction of sp³-hybridized carbons (Fsp3) is 0.571. The predicted octanol–water partition coefficient (Wildman–Crippen LogP) is 3.86. The third-order valence-electron chi connectivity index (χ3n) is 3.63. The van der Waals surface area contributed by atoms with Crippen molar-refractivity contribution in [1.29, 1.82) is 0 Å². The Labute approximate surface area is 131 Å². The molecule has 3 nitrogen and oxygen atoms in total. The molecule has 6 heteroatoms. The van der Waals surface area contributed by atoms with Gasteiger partial charge in [-0.15, -0.1) is 0 Å². The number of hydrogen-bond acceptors (Lipinski definition) is 3. The molecule has 0 bridgehead atoms. The van der Waals surface area contributed by atoms with E-state index in [9.17, 15) is 9.50 Å². The van der Waals surface area contributed by atoms with Gasteiger partial charge in [-0.05, 0) is 28.9 Å². The van der Waals surface area contributed by atoms with Gasteiger partial charge in [-0.2, -0.15) is 0 Å². The standard InChI is InChI=1S/C14H17BrClFO3/c1-2-20-14(5-7-19-8-6-14)13(18)9-3-4-10(15)11(16)12(9)17/h3-4,13,18H,2,5-8H2,1H3. The molecule has 1 fully saturated rings. The van der Waals surface area contributed by atoms with Crippen LogP contribution in [0.4, 0.5) is 4.39 Å². The maximum absolute atomic E-state index is 14.3. The molecular weight excluding hydrogens is 351 g/mol. The summed E-state index contributed by atoms with van der Waals surface area (Å²) >= 11 is 9.05. The van der Waals surface area contributed by atoms with Crippen LogP contribution in [0.1, 0.15) is 31.4 Å². The lowest BCUT2D eigenvalue weighted by atomic mass is 9.84. The zero-order valence-electron chi connectivity index (χ0n) is 11.2. The number of hydrogen-bond donors (Lipinski definition) is 1. The fourth-order valence-electron chi connectivity index (χ4n) is 2.54. The average Bonchev–Trinajstić information content (AvgIpc) is 2.46. The molecule has 1 aliphatic heterocycles. The van der Waals surface area contributed by atoms with Crippen LogP contribution in [0.25, 0.3) is 0 Å². The lowest BCUT2D eigenvalue weighted by Crippen LogP contribution is -2.45. The highest BCUT2D eigenvalue weighted by Crippen LogP contribution is 2.40. The van der Waals surface area contributed by atoms with Crippen LogP contribution >= 0.6 is 27.5 Å². The fourth-order valence-corrected chi connectivity index (χ4v) is 3.01. The SMILES string of the molecule is CCOC1(C(O)c2ccc(Br)c(Cl)c2F)CCOCC1. The molecule has 1 aromatic rings. The normalized spacial score (nSPS) is 19.9. The molecule has 0 aliphatic carbocycles. The second-order valence-electron chi connectivity index (χ2n) is 4.78. The van der Waals surface area contributed by atoms with E-state index in [1.165, 1.54) is 6.07 Å². The monoisotopic (exact) mass is 366 g/mol. The zero-order chi connectivity index (χ0) is 14.8. The van der Waals surface area contributed by atoms with Crippen molar-refractivity contribution in [2.45, 2.75) is 31.5 Å². The summed E-state index contributed by atoms with van der Waals surface area (Å²) < 4.78 is 25.8. The number of aliphatic hydroxyl groups excluding tert-OH is 1. The van der Waals surface area contributed by atoms with Crippen molar-refractivity contribution < 1.29 is 19.0 Å². The lowest BCUT2D eigenvalue weighted by Gasteiger charge is -2.40. The molecule has 0 saturated carbocycles. The van der Waals surface area contributed by atoms with Crippen LogP contribution in [0, 0.1) is 5.82 Å². The lowest BCUT2D eigenvalue weighted by molar-refractivity contribution is -0.168. The van der Waals surface area contributed by atoms with Gasteiger partial charge in [0.1, 0.15) is 17.5 Å². The largest absolute Gasteiger partial charge is 0.385 e. The van der Waals surface area contributed by atoms with Gasteiger partial charge in [-0.1, -0.05) is 17.7 Å². The minimum atomic E-state index is -1.07. The Kier molecular flexibility index (Phi) is 5.42. The third kappa shape index (κ3) is 3.02. The molecule has 0 aromatic heterocycles. The zero-order valence-corrected chi connectivity index (χ0v) is 13.5. The van der Waals surface area contributed by atoms with Crippen molar-refractivity contribution in [2.24, 2.45) is 0 Å². The van der Waals surface area contributed by atoms with Gasteiger partial charge < -0.3 is 14.6 Å². The molecule has 20 heavy (non-hydrogen) atoms. The van der Waals surface area contributed by atoms with Gasteiger partial charge >= 0.3 is 0 Å². The van der Waals surface area contributed by atoms with Gasteiger partial charge in [-0.3, -0.25) is 0 Å². The van der Waals surface area contributed by atoms with E-state index in [4.69, 9.17) is 21.1 Å². The molecule has 0 radical (unpaired) electrons. The van der Waals surface area contributed by atoms with E-state index < -0.39 is 17.5 Å². The van der Waals surface area contributed by atoms with Crippen LogP contribution in [-0.4, -0.2) is 30.5 Å². The second kappa shape index (κ2) is 6.71. The summed E-state index contributed by atoms with van der Waals surface area (Å²) in [6.07, 6.45) is -0.0264. The molecular formula is C14H17BrClFO3. The Bertz CT molecular complexity index is 472. The molecule has 0 spiro atoms. The summed E-state index contributed by atoms with van der Waals surface area (Å²) in [4.78, 5) is 0. The number of aliphatic hydroxyl groups is 1. The molecule has 1 aliphatic rings. The Hall–Kier alpha value is -0.200. The van der Waals surface area contributed by atoms with E-state index in [1.807, 2.05) is 6.92 Å². The van der Waals surface area contributed by atoms with Crippen molar-refractivity contribution in [3.05, 3.63) is 33.0 Å².